The molecule has 94 valence electrons. The van der Waals surface area contributed by atoms with Crippen LogP contribution >= 0.6 is 0 Å². The minimum absolute atomic E-state index is 0.112. The molecule has 2 aliphatic rings. The molecule has 3 rings (SSSR count). The predicted molar refractivity (Wildman–Crippen MR) is 62.7 cm³/mol. The van der Waals surface area contributed by atoms with Gasteiger partial charge in [0.2, 0.25) is 0 Å². The lowest BCUT2D eigenvalue weighted by Gasteiger charge is -2.13. The van der Waals surface area contributed by atoms with Crippen LogP contribution in [0.3, 0.4) is 0 Å². The van der Waals surface area contributed by atoms with Gasteiger partial charge in [0.25, 0.3) is 0 Å². The van der Waals surface area contributed by atoms with E-state index in [0.717, 1.165) is 23.9 Å². The van der Waals surface area contributed by atoms with Crippen LogP contribution in [0.25, 0.3) is 0 Å². The van der Waals surface area contributed by atoms with Crippen LogP contribution in [0.15, 0.2) is 14.1 Å². The standard InChI is InChI=1S/C9H14N4O3S/c1-17(2,16)10-11-8(14)12-6-3-4-7(5-6)13(12)9(11)15/h6-7H,3-5H2,1-2H3/t6-,7-/m1/s1. The Morgan fingerprint density at radius 1 is 1.12 bits per heavy atom. The molecule has 0 amide bonds. The molecule has 1 aromatic heterocycles. The van der Waals surface area contributed by atoms with Gasteiger partial charge in [0.1, 0.15) is 0 Å². The van der Waals surface area contributed by atoms with Crippen LogP contribution in [0.1, 0.15) is 31.3 Å². The first-order valence-corrected chi connectivity index (χ1v) is 7.85. The summed E-state index contributed by atoms with van der Waals surface area (Å²) in [5.41, 5.74) is -0.919. The first-order chi connectivity index (χ1) is 7.88. The number of rotatable bonds is 1. The van der Waals surface area contributed by atoms with Crippen molar-refractivity contribution in [1.82, 2.24) is 14.0 Å². The summed E-state index contributed by atoms with van der Waals surface area (Å²) in [5.74, 6) is 0. The summed E-state index contributed by atoms with van der Waals surface area (Å²) >= 11 is 0. The van der Waals surface area contributed by atoms with Crippen LogP contribution in [0, 0.1) is 0 Å². The van der Waals surface area contributed by atoms with Gasteiger partial charge in [-0.2, -0.15) is 0 Å². The van der Waals surface area contributed by atoms with Crippen molar-refractivity contribution in [3.8, 4) is 0 Å². The number of hydrogen-bond acceptors (Lipinski definition) is 4. The Labute approximate surface area is 97.8 Å². The fourth-order valence-electron chi connectivity index (χ4n) is 2.77. The fraction of sp³-hybridized carbons (Fsp3) is 0.778. The molecule has 7 nitrogen and oxygen atoms in total. The fourth-order valence-corrected chi connectivity index (χ4v) is 3.30. The second kappa shape index (κ2) is 3.12. The van der Waals surface area contributed by atoms with Crippen molar-refractivity contribution in [3.05, 3.63) is 21.0 Å². The highest BCUT2D eigenvalue weighted by molar-refractivity contribution is 7.92. The largest absolute Gasteiger partial charge is 0.369 e. The molecule has 0 radical (unpaired) electrons. The van der Waals surface area contributed by atoms with Crippen molar-refractivity contribution in [3.63, 3.8) is 0 Å². The normalized spacial score (nSPS) is 26.2. The Hall–Kier alpha value is -1.31. The van der Waals surface area contributed by atoms with Crippen molar-refractivity contribution in [1.29, 1.82) is 0 Å². The summed E-state index contributed by atoms with van der Waals surface area (Å²) < 4.78 is 19.0. The van der Waals surface area contributed by atoms with E-state index in [-0.39, 0.29) is 12.1 Å². The van der Waals surface area contributed by atoms with E-state index in [9.17, 15) is 13.8 Å². The average molecular weight is 258 g/mol. The van der Waals surface area contributed by atoms with E-state index in [4.69, 9.17) is 0 Å². The van der Waals surface area contributed by atoms with Crippen molar-refractivity contribution in [2.24, 2.45) is 4.47 Å². The lowest BCUT2D eigenvalue weighted by atomic mass is 10.3. The molecule has 1 aromatic rings. The Bertz CT molecular complexity index is 666. The molecule has 0 unspecified atom stereocenters. The van der Waals surface area contributed by atoms with Crippen molar-refractivity contribution >= 4 is 9.73 Å². The van der Waals surface area contributed by atoms with Gasteiger partial charge in [-0.3, -0.25) is 0 Å². The van der Waals surface area contributed by atoms with Crippen LogP contribution < -0.4 is 11.4 Å². The second-order valence-electron chi connectivity index (χ2n) is 4.95. The molecule has 1 saturated carbocycles. The number of hydrogen-bond donors (Lipinski definition) is 0. The van der Waals surface area contributed by atoms with Crippen molar-refractivity contribution in [2.45, 2.75) is 31.3 Å². The number of aromatic nitrogens is 3. The third kappa shape index (κ3) is 1.43. The van der Waals surface area contributed by atoms with Gasteiger partial charge in [-0.05, 0) is 19.3 Å². The van der Waals surface area contributed by atoms with Crippen LogP contribution in [-0.2, 0) is 9.73 Å². The maximum absolute atomic E-state index is 12.0. The zero-order chi connectivity index (χ0) is 12.4. The smallest absolute Gasteiger partial charge is 0.248 e. The first-order valence-electron chi connectivity index (χ1n) is 5.52. The molecule has 2 heterocycles. The lowest BCUT2D eigenvalue weighted by molar-refractivity contribution is 0.374. The summed E-state index contributed by atoms with van der Waals surface area (Å²) in [5, 5.41) is 0. The molecule has 8 heteroatoms. The summed E-state index contributed by atoms with van der Waals surface area (Å²) in [6, 6.07) is 0.225. The van der Waals surface area contributed by atoms with Crippen molar-refractivity contribution < 1.29 is 4.21 Å². The topological polar surface area (TPSA) is 78.4 Å². The van der Waals surface area contributed by atoms with Gasteiger partial charge in [0, 0.05) is 12.5 Å². The minimum atomic E-state index is -2.51. The van der Waals surface area contributed by atoms with E-state index < -0.39 is 21.1 Å². The van der Waals surface area contributed by atoms with Crippen LogP contribution in [0.2, 0.25) is 0 Å². The number of nitrogens with zero attached hydrogens (tertiary/aromatic N) is 4. The van der Waals surface area contributed by atoms with Crippen LogP contribution in [-0.4, -0.2) is 30.8 Å². The molecule has 17 heavy (non-hydrogen) atoms. The summed E-state index contributed by atoms with van der Waals surface area (Å²) in [7, 11) is -2.51. The Balaban J connectivity index is 2.33. The van der Waals surface area contributed by atoms with E-state index in [1.807, 2.05) is 0 Å². The molecule has 1 fully saturated rings. The van der Waals surface area contributed by atoms with Gasteiger partial charge in [0.05, 0.1) is 21.8 Å². The molecule has 0 aromatic carbocycles. The van der Waals surface area contributed by atoms with Gasteiger partial charge in [-0.25, -0.2) is 23.2 Å². The van der Waals surface area contributed by atoms with Gasteiger partial charge in [-0.1, -0.05) is 0 Å². The second-order valence-corrected chi connectivity index (χ2v) is 7.48. The molecule has 2 bridgehead atoms. The van der Waals surface area contributed by atoms with Crippen LogP contribution in [0.4, 0.5) is 0 Å². The maximum atomic E-state index is 12.0. The van der Waals surface area contributed by atoms with Gasteiger partial charge < -0.3 is 0 Å². The molecule has 0 spiro atoms. The maximum Gasteiger partial charge on any atom is 0.369 e. The van der Waals surface area contributed by atoms with E-state index >= 15 is 0 Å². The zero-order valence-corrected chi connectivity index (χ0v) is 10.5. The highest BCUT2D eigenvalue weighted by Gasteiger charge is 2.40. The summed E-state index contributed by atoms with van der Waals surface area (Å²) in [4.78, 5) is 24.1. The monoisotopic (exact) mass is 258 g/mol. The lowest BCUT2D eigenvalue weighted by Crippen LogP contribution is -2.28. The highest BCUT2D eigenvalue weighted by Crippen LogP contribution is 2.41. The van der Waals surface area contributed by atoms with Crippen LogP contribution in [0.5, 0.6) is 0 Å². The van der Waals surface area contributed by atoms with Crippen molar-refractivity contribution in [2.75, 3.05) is 12.5 Å². The van der Waals surface area contributed by atoms with E-state index in [2.05, 4.69) is 4.47 Å². The number of fused-ring (bicyclic) bond motifs is 5. The molecule has 2 atom stereocenters. The summed E-state index contributed by atoms with van der Waals surface area (Å²) in [6.07, 6.45) is 5.53. The Kier molecular flexibility index (Phi) is 1.99. The summed E-state index contributed by atoms with van der Waals surface area (Å²) in [6.45, 7) is 0. The third-order valence-electron chi connectivity index (χ3n) is 3.33. The van der Waals surface area contributed by atoms with Gasteiger partial charge in [0.15, 0.2) is 0 Å². The molecular formula is C9H14N4O3S. The highest BCUT2D eigenvalue weighted by atomic mass is 32.2. The van der Waals surface area contributed by atoms with Gasteiger partial charge in [-0.15, -0.1) is 9.15 Å². The van der Waals surface area contributed by atoms with E-state index in [0.29, 0.717) is 0 Å². The Morgan fingerprint density at radius 3 is 2.00 bits per heavy atom. The molecule has 0 saturated heterocycles. The zero-order valence-electron chi connectivity index (χ0n) is 9.70. The quantitative estimate of drug-likeness (QED) is 0.686. The predicted octanol–water partition coefficient (Wildman–Crippen LogP) is -0.418. The molecule has 0 N–H and O–H groups in total. The molecule has 1 aliphatic heterocycles. The first kappa shape index (κ1) is 10.8. The van der Waals surface area contributed by atoms with E-state index in [1.165, 1.54) is 21.9 Å². The van der Waals surface area contributed by atoms with Gasteiger partial charge >= 0.3 is 11.4 Å². The minimum Gasteiger partial charge on any atom is -0.248 e. The van der Waals surface area contributed by atoms with E-state index in [1.54, 1.807) is 0 Å². The molecular weight excluding hydrogens is 244 g/mol. The average Bonchev–Trinajstić information content (AvgIpc) is 2.86. The SMILES string of the molecule is CS(C)(=O)=Nn1c(=O)n2n(c1=O)[C@@H]1CC[C@@H]2C1. The third-order valence-corrected chi connectivity index (χ3v) is 3.89. The molecule has 1 aliphatic carbocycles. The Morgan fingerprint density at radius 2 is 1.59 bits per heavy atom.